The van der Waals surface area contributed by atoms with Crippen LogP contribution in [-0.4, -0.2) is 17.0 Å². The first-order valence-electron chi connectivity index (χ1n) is 4.01. The number of carbonyl (C=O) groups is 2. The fourth-order valence-corrected chi connectivity index (χ4v) is 1.22. The molecular formula is C10H8ClNO3. The number of aliphatic carboxylic acids is 1. The van der Waals surface area contributed by atoms with Gasteiger partial charge >= 0.3 is 5.97 Å². The largest absolute Gasteiger partial charge is 0.478 e. The molecular weight excluding hydrogens is 218 g/mol. The fraction of sp³-hybridized carbons (Fsp3) is 0. The number of nitrogens with two attached hydrogens (primary N) is 1. The Morgan fingerprint density at radius 2 is 2.07 bits per heavy atom. The van der Waals surface area contributed by atoms with Gasteiger partial charge in [-0.15, -0.1) is 0 Å². The molecule has 0 saturated heterocycles. The Morgan fingerprint density at radius 1 is 1.40 bits per heavy atom. The summed E-state index contributed by atoms with van der Waals surface area (Å²) in [5.41, 5.74) is 5.85. The summed E-state index contributed by atoms with van der Waals surface area (Å²) in [6.45, 7) is 0. The smallest absolute Gasteiger partial charge is 0.328 e. The van der Waals surface area contributed by atoms with E-state index in [0.29, 0.717) is 5.56 Å². The van der Waals surface area contributed by atoms with Gasteiger partial charge in [0.2, 0.25) is 5.91 Å². The van der Waals surface area contributed by atoms with Gasteiger partial charge in [0.05, 0.1) is 0 Å². The maximum atomic E-state index is 10.8. The first-order valence-corrected chi connectivity index (χ1v) is 4.39. The zero-order valence-electron chi connectivity index (χ0n) is 7.61. The zero-order chi connectivity index (χ0) is 11.4. The second-order valence-corrected chi connectivity index (χ2v) is 3.18. The number of primary amides is 1. The Balaban J connectivity index is 3.03. The molecule has 3 N–H and O–H groups in total. The van der Waals surface area contributed by atoms with Crippen molar-refractivity contribution in [2.45, 2.75) is 0 Å². The molecule has 0 bridgehead atoms. The number of benzene rings is 1. The van der Waals surface area contributed by atoms with Crippen LogP contribution in [0.4, 0.5) is 0 Å². The summed E-state index contributed by atoms with van der Waals surface area (Å²) in [6, 6.07) is 4.41. The van der Waals surface area contributed by atoms with Gasteiger partial charge in [-0.2, -0.15) is 0 Å². The molecule has 1 amide bonds. The van der Waals surface area contributed by atoms with E-state index in [-0.39, 0.29) is 10.6 Å². The lowest BCUT2D eigenvalue weighted by Gasteiger charge is -2.00. The molecule has 0 unspecified atom stereocenters. The Labute approximate surface area is 91.0 Å². The number of hydrogen-bond acceptors (Lipinski definition) is 2. The summed E-state index contributed by atoms with van der Waals surface area (Å²) in [4.78, 5) is 21.0. The minimum absolute atomic E-state index is 0.281. The molecule has 0 aliphatic rings. The van der Waals surface area contributed by atoms with Crippen molar-refractivity contribution in [1.29, 1.82) is 0 Å². The van der Waals surface area contributed by atoms with Gasteiger partial charge in [-0.25, -0.2) is 4.79 Å². The molecule has 15 heavy (non-hydrogen) atoms. The van der Waals surface area contributed by atoms with Crippen LogP contribution in [0, 0.1) is 0 Å². The van der Waals surface area contributed by atoms with E-state index in [4.69, 9.17) is 22.4 Å². The average molecular weight is 226 g/mol. The fourth-order valence-electron chi connectivity index (χ4n) is 0.977. The normalized spacial score (nSPS) is 10.5. The van der Waals surface area contributed by atoms with Gasteiger partial charge in [0.25, 0.3) is 0 Å². The first-order chi connectivity index (χ1) is 7.00. The standard InChI is InChI=1S/C10H8ClNO3/c11-8-5-7(10(12)15)2-1-6(8)3-4-9(13)14/h1-5H,(H2,12,15)(H,13,14)/b4-3+. The monoisotopic (exact) mass is 225 g/mol. The Kier molecular flexibility index (Phi) is 3.46. The van der Waals surface area contributed by atoms with E-state index in [2.05, 4.69) is 0 Å². The maximum Gasteiger partial charge on any atom is 0.328 e. The summed E-state index contributed by atoms with van der Waals surface area (Å²) in [6.07, 6.45) is 2.31. The number of rotatable bonds is 3. The molecule has 0 saturated carbocycles. The van der Waals surface area contributed by atoms with Crippen molar-refractivity contribution in [3.8, 4) is 0 Å². The third-order valence-corrected chi connectivity index (χ3v) is 2.02. The van der Waals surface area contributed by atoms with Crippen LogP contribution in [0.3, 0.4) is 0 Å². The minimum atomic E-state index is -1.06. The molecule has 0 spiro atoms. The quantitative estimate of drug-likeness (QED) is 0.766. The Hall–Kier alpha value is -1.81. The summed E-state index contributed by atoms with van der Waals surface area (Å²) in [5.74, 6) is -1.64. The molecule has 0 aliphatic carbocycles. The Morgan fingerprint density at radius 3 is 2.53 bits per heavy atom. The number of carbonyl (C=O) groups excluding carboxylic acids is 1. The first kappa shape index (κ1) is 11.3. The molecule has 0 aromatic heterocycles. The maximum absolute atomic E-state index is 10.8. The molecule has 0 atom stereocenters. The van der Waals surface area contributed by atoms with Gasteiger partial charge in [0.15, 0.2) is 0 Å². The van der Waals surface area contributed by atoms with E-state index in [0.717, 1.165) is 6.08 Å². The van der Waals surface area contributed by atoms with Crippen LogP contribution >= 0.6 is 11.6 Å². The lowest BCUT2D eigenvalue weighted by molar-refractivity contribution is -0.131. The van der Waals surface area contributed by atoms with Crippen molar-refractivity contribution in [1.82, 2.24) is 0 Å². The van der Waals surface area contributed by atoms with Crippen molar-refractivity contribution in [2.24, 2.45) is 5.73 Å². The predicted octanol–water partition coefficient (Wildman–Crippen LogP) is 1.54. The average Bonchev–Trinajstić information content (AvgIpc) is 2.15. The number of amides is 1. The van der Waals surface area contributed by atoms with Gasteiger partial charge in [-0.05, 0) is 23.8 Å². The highest BCUT2D eigenvalue weighted by Gasteiger charge is 2.03. The van der Waals surface area contributed by atoms with E-state index in [1.54, 1.807) is 0 Å². The van der Waals surface area contributed by atoms with Gasteiger partial charge in [0, 0.05) is 16.7 Å². The summed E-state index contributed by atoms with van der Waals surface area (Å²) in [5, 5.41) is 8.69. The van der Waals surface area contributed by atoms with E-state index < -0.39 is 11.9 Å². The van der Waals surface area contributed by atoms with Crippen molar-refractivity contribution in [3.63, 3.8) is 0 Å². The molecule has 0 radical (unpaired) electrons. The molecule has 0 fully saturated rings. The van der Waals surface area contributed by atoms with Crippen LogP contribution in [0.1, 0.15) is 15.9 Å². The minimum Gasteiger partial charge on any atom is -0.478 e. The number of halogens is 1. The summed E-state index contributed by atoms with van der Waals surface area (Å²) >= 11 is 5.80. The number of hydrogen-bond donors (Lipinski definition) is 2. The lowest BCUT2D eigenvalue weighted by Crippen LogP contribution is -2.10. The predicted molar refractivity (Wildman–Crippen MR) is 56.6 cm³/mol. The van der Waals surface area contributed by atoms with Crippen LogP contribution in [-0.2, 0) is 4.79 Å². The van der Waals surface area contributed by atoms with Crippen molar-refractivity contribution in [2.75, 3.05) is 0 Å². The van der Waals surface area contributed by atoms with E-state index in [1.807, 2.05) is 0 Å². The Bertz CT molecular complexity index is 440. The third kappa shape index (κ3) is 3.11. The van der Waals surface area contributed by atoms with Crippen molar-refractivity contribution < 1.29 is 14.7 Å². The topological polar surface area (TPSA) is 80.4 Å². The number of carboxylic acid groups (broad SMARTS) is 1. The van der Waals surface area contributed by atoms with Crippen LogP contribution in [0.5, 0.6) is 0 Å². The molecule has 78 valence electrons. The molecule has 5 heteroatoms. The van der Waals surface area contributed by atoms with Crippen LogP contribution in [0.15, 0.2) is 24.3 Å². The van der Waals surface area contributed by atoms with Crippen LogP contribution in [0.2, 0.25) is 5.02 Å². The van der Waals surface area contributed by atoms with Crippen LogP contribution < -0.4 is 5.73 Å². The molecule has 1 aromatic carbocycles. The van der Waals surface area contributed by atoms with Gasteiger partial charge in [-0.1, -0.05) is 17.7 Å². The highest BCUT2D eigenvalue weighted by Crippen LogP contribution is 2.19. The van der Waals surface area contributed by atoms with Crippen LogP contribution in [0.25, 0.3) is 6.08 Å². The zero-order valence-corrected chi connectivity index (χ0v) is 8.36. The molecule has 1 aromatic rings. The molecule has 1 rings (SSSR count). The van der Waals surface area contributed by atoms with Crippen molar-refractivity contribution >= 4 is 29.6 Å². The van der Waals surface area contributed by atoms with E-state index in [9.17, 15) is 9.59 Å². The van der Waals surface area contributed by atoms with E-state index in [1.165, 1.54) is 24.3 Å². The second kappa shape index (κ2) is 4.61. The van der Waals surface area contributed by atoms with Gasteiger partial charge in [-0.3, -0.25) is 4.79 Å². The van der Waals surface area contributed by atoms with Gasteiger partial charge < -0.3 is 10.8 Å². The summed E-state index contributed by atoms with van der Waals surface area (Å²) < 4.78 is 0. The molecule has 0 aliphatic heterocycles. The van der Waals surface area contributed by atoms with E-state index >= 15 is 0 Å². The second-order valence-electron chi connectivity index (χ2n) is 2.77. The highest BCUT2D eigenvalue weighted by molar-refractivity contribution is 6.32. The lowest BCUT2D eigenvalue weighted by atomic mass is 10.1. The summed E-state index contributed by atoms with van der Waals surface area (Å²) in [7, 11) is 0. The number of carboxylic acids is 1. The SMILES string of the molecule is NC(=O)c1ccc(/C=C/C(=O)O)c(Cl)c1. The highest BCUT2D eigenvalue weighted by atomic mass is 35.5. The third-order valence-electron chi connectivity index (χ3n) is 1.69. The molecule has 0 heterocycles. The van der Waals surface area contributed by atoms with Gasteiger partial charge in [0.1, 0.15) is 0 Å². The van der Waals surface area contributed by atoms with Crippen molar-refractivity contribution in [3.05, 3.63) is 40.4 Å². The molecule has 4 nitrogen and oxygen atoms in total.